The lowest BCUT2D eigenvalue weighted by molar-refractivity contribution is -0.119. The van der Waals surface area contributed by atoms with Crippen LogP contribution in [0.2, 0.25) is 0 Å². The van der Waals surface area contributed by atoms with E-state index in [2.05, 4.69) is 15.9 Å². The third-order valence-electron chi connectivity index (χ3n) is 1.89. The average Bonchev–Trinajstić information content (AvgIpc) is 2.09. The molecule has 0 amide bonds. The Labute approximate surface area is 90.4 Å². The zero-order valence-electron chi connectivity index (χ0n) is 7.76. The Balaban J connectivity index is 2.82. The molecule has 0 saturated carbocycles. The zero-order valence-corrected chi connectivity index (χ0v) is 9.34. The van der Waals surface area contributed by atoms with Gasteiger partial charge in [0.05, 0.1) is 6.04 Å². The third-order valence-corrected chi connectivity index (χ3v) is 2.63. The first-order chi connectivity index (χ1) is 6.50. The largest absolute Gasteiger partial charge is 0.322 e. The van der Waals surface area contributed by atoms with E-state index >= 15 is 0 Å². The summed E-state index contributed by atoms with van der Waals surface area (Å²) < 4.78 is 13.3. The number of carbonyl (C=O) groups excluding carboxylic acids is 1. The topological polar surface area (TPSA) is 43.1 Å². The van der Waals surface area contributed by atoms with Gasteiger partial charge in [-0.1, -0.05) is 22.0 Å². The number of Topliss-reactive ketones (excluding diaryl/α,β-unsaturated/α-hetero) is 1. The Kier molecular flexibility index (Phi) is 3.77. The molecule has 1 rings (SSSR count). The van der Waals surface area contributed by atoms with E-state index in [0.29, 0.717) is 4.47 Å². The van der Waals surface area contributed by atoms with Crippen LogP contribution in [0.1, 0.15) is 12.5 Å². The van der Waals surface area contributed by atoms with Crippen LogP contribution in [0.4, 0.5) is 4.39 Å². The fourth-order valence-electron chi connectivity index (χ4n) is 1.01. The van der Waals surface area contributed by atoms with Gasteiger partial charge in [-0.15, -0.1) is 0 Å². The molecular formula is C10H11BrFNO. The van der Waals surface area contributed by atoms with Gasteiger partial charge in [-0.05, 0) is 24.6 Å². The summed E-state index contributed by atoms with van der Waals surface area (Å²) in [5.74, 6) is -0.383. The van der Waals surface area contributed by atoms with E-state index in [4.69, 9.17) is 5.73 Å². The number of carbonyl (C=O) groups is 1. The van der Waals surface area contributed by atoms with Crippen LogP contribution < -0.4 is 5.73 Å². The molecule has 0 saturated heterocycles. The van der Waals surface area contributed by atoms with Crippen molar-refractivity contribution in [3.05, 3.63) is 34.1 Å². The maximum Gasteiger partial charge on any atom is 0.153 e. The van der Waals surface area contributed by atoms with E-state index in [1.807, 2.05) is 0 Å². The van der Waals surface area contributed by atoms with Gasteiger partial charge >= 0.3 is 0 Å². The SMILES string of the molecule is CC(N)C(=O)Cc1ccc(F)cc1Br. The molecule has 2 nitrogen and oxygen atoms in total. The summed E-state index contributed by atoms with van der Waals surface area (Å²) in [5, 5.41) is 0. The lowest BCUT2D eigenvalue weighted by Gasteiger charge is -2.06. The van der Waals surface area contributed by atoms with Gasteiger partial charge < -0.3 is 5.73 Å². The molecule has 76 valence electrons. The quantitative estimate of drug-likeness (QED) is 0.903. The fraction of sp³-hybridized carbons (Fsp3) is 0.300. The van der Waals surface area contributed by atoms with E-state index in [1.54, 1.807) is 13.0 Å². The highest BCUT2D eigenvalue weighted by atomic mass is 79.9. The van der Waals surface area contributed by atoms with E-state index in [1.165, 1.54) is 12.1 Å². The van der Waals surface area contributed by atoms with Crippen LogP contribution in [0.3, 0.4) is 0 Å². The van der Waals surface area contributed by atoms with Crippen LogP contribution in [-0.4, -0.2) is 11.8 Å². The molecule has 14 heavy (non-hydrogen) atoms. The molecule has 0 radical (unpaired) electrons. The van der Waals surface area contributed by atoms with Gasteiger partial charge in [0.15, 0.2) is 5.78 Å². The van der Waals surface area contributed by atoms with Crippen molar-refractivity contribution in [3.63, 3.8) is 0 Å². The number of benzene rings is 1. The maximum atomic E-state index is 12.7. The Morgan fingerprint density at radius 2 is 2.29 bits per heavy atom. The predicted molar refractivity (Wildman–Crippen MR) is 56.5 cm³/mol. The molecule has 0 bridgehead atoms. The van der Waals surface area contributed by atoms with Crippen molar-refractivity contribution in [2.24, 2.45) is 5.73 Å². The molecule has 0 fully saturated rings. The molecule has 0 heterocycles. The summed E-state index contributed by atoms with van der Waals surface area (Å²) in [4.78, 5) is 11.3. The maximum absolute atomic E-state index is 12.7. The Bertz CT molecular complexity index is 352. The molecule has 0 spiro atoms. The monoisotopic (exact) mass is 259 g/mol. The Morgan fingerprint density at radius 1 is 1.64 bits per heavy atom. The van der Waals surface area contributed by atoms with Gasteiger partial charge in [0, 0.05) is 10.9 Å². The van der Waals surface area contributed by atoms with Crippen LogP contribution in [0, 0.1) is 5.82 Å². The lowest BCUT2D eigenvalue weighted by atomic mass is 10.1. The Hall–Kier alpha value is -0.740. The second-order valence-electron chi connectivity index (χ2n) is 3.17. The van der Waals surface area contributed by atoms with Gasteiger partial charge in [0.2, 0.25) is 0 Å². The first kappa shape index (κ1) is 11.3. The predicted octanol–water partition coefficient (Wildman–Crippen LogP) is 2.05. The van der Waals surface area contributed by atoms with Crippen LogP contribution in [0.25, 0.3) is 0 Å². The average molecular weight is 260 g/mol. The van der Waals surface area contributed by atoms with Gasteiger partial charge in [0.25, 0.3) is 0 Å². The molecular weight excluding hydrogens is 249 g/mol. The number of hydrogen-bond donors (Lipinski definition) is 1. The fourth-order valence-corrected chi connectivity index (χ4v) is 1.50. The molecule has 4 heteroatoms. The summed E-state index contributed by atoms with van der Waals surface area (Å²) >= 11 is 3.19. The molecule has 0 aromatic heterocycles. The van der Waals surface area contributed by atoms with Crippen molar-refractivity contribution in [1.82, 2.24) is 0 Å². The van der Waals surface area contributed by atoms with Crippen molar-refractivity contribution in [3.8, 4) is 0 Å². The molecule has 2 N–H and O–H groups in total. The number of nitrogens with two attached hydrogens (primary N) is 1. The highest BCUT2D eigenvalue weighted by molar-refractivity contribution is 9.10. The Morgan fingerprint density at radius 3 is 2.79 bits per heavy atom. The van der Waals surface area contributed by atoms with Crippen LogP contribution in [-0.2, 0) is 11.2 Å². The zero-order chi connectivity index (χ0) is 10.7. The number of ketones is 1. The normalized spacial score (nSPS) is 12.6. The molecule has 0 aliphatic heterocycles. The van der Waals surface area contributed by atoms with Gasteiger partial charge in [-0.25, -0.2) is 4.39 Å². The van der Waals surface area contributed by atoms with Gasteiger partial charge in [-0.3, -0.25) is 4.79 Å². The highest BCUT2D eigenvalue weighted by Gasteiger charge is 2.10. The summed E-state index contributed by atoms with van der Waals surface area (Å²) in [5.41, 5.74) is 6.18. The number of rotatable bonds is 3. The first-order valence-corrected chi connectivity index (χ1v) is 5.02. The van der Waals surface area contributed by atoms with Crippen LogP contribution >= 0.6 is 15.9 Å². The first-order valence-electron chi connectivity index (χ1n) is 4.23. The molecule has 1 unspecified atom stereocenters. The number of hydrogen-bond acceptors (Lipinski definition) is 2. The molecule has 1 aromatic rings. The standard InChI is InChI=1S/C10H11BrFNO/c1-6(13)10(14)4-7-2-3-8(12)5-9(7)11/h2-3,5-6H,4,13H2,1H3. The summed E-state index contributed by atoms with van der Waals surface area (Å²) in [6.07, 6.45) is 0.235. The summed E-state index contributed by atoms with van der Waals surface area (Å²) in [6.45, 7) is 1.64. The van der Waals surface area contributed by atoms with E-state index in [9.17, 15) is 9.18 Å². The summed E-state index contributed by atoms with van der Waals surface area (Å²) in [6, 6.07) is 3.77. The molecule has 1 aromatic carbocycles. The third kappa shape index (κ3) is 2.89. The minimum atomic E-state index is -0.480. The second-order valence-corrected chi connectivity index (χ2v) is 4.02. The smallest absolute Gasteiger partial charge is 0.153 e. The molecule has 1 atom stereocenters. The minimum absolute atomic E-state index is 0.0580. The van der Waals surface area contributed by atoms with Crippen molar-refractivity contribution >= 4 is 21.7 Å². The van der Waals surface area contributed by atoms with Gasteiger partial charge in [-0.2, -0.15) is 0 Å². The molecule has 0 aliphatic rings. The highest BCUT2D eigenvalue weighted by Crippen LogP contribution is 2.18. The van der Waals surface area contributed by atoms with Crippen LogP contribution in [0.5, 0.6) is 0 Å². The second kappa shape index (κ2) is 4.66. The van der Waals surface area contributed by atoms with Crippen molar-refractivity contribution in [1.29, 1.82) is 0 Å². The van der Waals surface area contributed by atoms with Crippen molar-refractivity contribution < 1.29 is 9.18 Å². The lowest BCUT2D eigenvalue weighted by Crippen LogP contribution is -2.28. The van der Waals surface area contributed by atoms with Crippen LogP contribution in [0.15, 0.2) is 22.7 Å². The van der Waals surface area contributed by atoms with Crippen molar-refractivity contribution in [2.45, 2.75) is 19.4 Å². The summed E-state index contributed by atoms with van der Waals surface area (Å²) in [7, 11) is 0. The van der Waals surface area contributed by atoms with E-state index in [0.717, 1.165) is 5.56 Å². The van der Waals surface area contributed by atoms with E-state index in [-0.39, 0.29) is 18.0 Å². The number of halogens is 2. The minimum Gasteiger partial charge on any atom is -0.322 e. The van der Waals surface area contributed by atoms with Gasteiger partial charge in [0.1, 0.15) is 5.82 Å². The molecule has 0 aliphatic carbocycles. The van der Waals surface area contributed by atoms with Crippen molar-refractivity contribution in [2.75, 3.05) is 0 Å². The van der Waals surface area contributed by atoms with E-state index < -0.39 is 6.04 Å².